The molecule has 1 saturated heterocycles. The number of aliphatic hydroxyl groups excluding tert-OH is 2. The fourth-order valence-corrected chi connectivity index (χ4v) is 1.48. The lowest BCUT2D eigenvalue weighted by Crippen LogP contribution is -2.01. The molecule has 2 N–H and O–H groups in total. The average molecular weight is 341 g/mol. The standard InChI is InChI=1S/2C6H12O2S.C2H4O/c2*1-2-9-6-5-8-4-3-7;1-2-3-1/h2*2,7H,1,3-6H2;1-2H2. The minimum atomic E-state index is 0.110. The fraction of sp³-hybridized carbons (Fsp3) is 0.714. The van der Waals surface area contributed by atoms with Gasteiger partial charge in [-0.1, -0.05) is 13.2 Å². The lowest BCUT2D eigenvalue weighted by molar-refractivity contribution is 0.103. The van der Waals surface area contributed by atoms with Crippen LogP contribution >= 0.6 is 23.5 Å². The summed E-state index contributed by atoms with van der Waals surface area (Å²) < 4.78 is 14.4. The van der Waals surface area contributed by atoms with Gasteiger partial charge in [-0.25, -0.2) is 0 Å². The zero-order valence-corrected chi connectivity index (χ0v) is 14.2. The molecule has 0 aromatic carbocycles. The maximum atomic E-state index is 8.27. The Kier molecular flexibility index (Phi) is 27.6. The zero-order chi connectivity index (χ0) is 16.0. The number of hydrogen-bond acceptors (Lipinski definition) is 7. The minimum Gasteiger partial charge on any atom is -0.394 e. The van der Waals surface area contributed by atoms with Crippen LogP contribution in [0.3, 0.4) is 0 Å². The number of thioether (sulfide) groups is 2. The SMILES string of the molecule is C1CO1.C=CSCCOCCO.C=CSCCOCCO. The molecule has 0 bridgehead atoms. The second-order valence-electron chi connectivity index (χ2n) is 3.36. The van der Waals surface area contributed by atoms with E-state index in [0.29, 0.717) is 26.4 Å². The summed E-state index contributed by atoms with van der Waals surface area (Å²) in [6, 6.07) is 0. The lowest BCUT2D eigenvalue weighted by Gasteiger charge is -1.97. The van der Waals surface area contributed by atoms with Gasteiger partial charge in [0.1, 0.15) is 0 Å². The first kappa shape index (κ1) is 23.2. The number of rotatable bonds is 12. The van der Waals surface area contributed by atoms with Crippen LogP contribution in [-0.4, -0.2) is 74.6 Å². The van der Waals surface area contributed by atoms with E-state index >= 15 is 0 Å². The quantitative estimate of drug-likeness (QED) is 0.414. The summed E-state index contributed by atoms with van der Waals surface area (Å²) in [6.45, 7) is 11.6. The number of ether oxygens (including phenoxy) is 3. The smallest absolute Gasteiger partial charge is 0.0701 e. The first-order valence-corrected chi connectivity index (χ1v) is 8.83. The van der Waals surface area contributed by atoms with Crippen molar-refractivity contribution >= 4 is 23.5 Å². The topological polar surface area (TPSA) is 71.5 Å². The lowest BCUT2D eigenvalue weighted by atomic mass is 10.7. The van der Waals surface area contributed by atoms with Gasteiger partial charge in [0.2, 0.25) is 0 Å². The molecule has 0 amide bonds. The van der Waals surface area contributed by atoms with Crippen molar-refractivity contribution in [2.75, 3.05) is 64.4 Å². The Morgan fingerprint density at radius 3 is 1.48 bits per heavy atom. The zero-order valence-electron chi connectivity index (χ0n) is 12.6. The number of aliphatic hydroxyl groups is 2. The predicted molar refractivity (Wildman–Crippen MR) is 91.9 cm³/mol. The molecule has 0 saturated carbocycles. The Hall–Kier alpha value is -0.0200. The van der Waals surface area contributed by atoms with Crippen LogP contribution in [-0.2, 0) is 14.2 Å². The highest BCUT2D eigenvalue weighted by atomic mass is 32.2. The van der Waals surface area contributed by atoms with E-state index in [-0.39, 0.29) is 13.2 Å². The molecule has 0 aromatic rings. The summed E-state index contributed by atoms with van der Waals surface area (Å²) >= 11 is 3.23. The van der Waals surface area contributed by atoms with Gasteiger partial charge in [-0.15, -0.1) is 23.5 Å². The maximum Gasteiger partial charge on any atom is 0.0701 e. The Balaban J connectivity index is 0. The molecule has 1 fully saturated rings. The van der Waals surface area contributed by atoms with Crippen molar-refractivity contribution in [2.24, 2.45) is 0 Å². The van der Waals surface area contributed by atoms with Gasteiger partial charge >= 0.3 is 0 Å². The van der Waals surface area contributed by atoms with E-state index < -0.39 is 0 Å². The third kappa shape index (κ3) is 38.3. The van der Waals surface area contributed by atoms with Crippen LogP contribution in [0.15, 0.2) is 24.0 Å². The second kappa shape index (κ2) is 25.0. The average Bonchev–Trinajstić information content (AvgIpc) is 3.36. The highest BCUT2D eigenvalue weighted by Crippen LogP contribution is 1.98. The summed E-state index contributed by atoms with van der Waals surface area (Å²) in [5.41, 5.74) is 0. The van der Waals surface area contributed by atoms with Crippen LogP contribution in [0.2, 0.25) is 0 Å². The number of epoxide rings is 1. The number of hydrogen-bond donors (Lipinski definition) is 2. The molecular weight excluding hydrogens is 312 g/mol. The van der Waals surface area contributed by atoms with Gasteiger partial charge in [-0.05, 0) is 10.8 Å². The third-order valence-corrected chi connectivity index (χ3v) is 2.88. The summed E-state index contributed by atoms with van der Waals surface area (Å²) in [4.78, 5) is 0. The van der Waals surface area contributed by atoms with Gasteiger partial charge in [0.05, 0.1) is 52.9 Å². The van der Waals surface area contributed by atoms with Gasteiger partial charge in [-0.3, -0.25) is 0 Å². The van der Waals surface area contributed by atoms with Crippen molar-refractivity contribution in [1.29, 1.82) is 0 Å². The van der Waals surface area contributed by atoms with Crippen LogP contribution < -0.4 is 0 Å². The Labute approximate surface area is 136 Å². The Morgan fingerprint density at radius 2 is 1.24 bits per heavy atom. The monoisotopic (exact) mass is 340 g/mol. The Morgan fingerprint density at radius 1 is 0.857 bits per heavy atom. The van der Waals surface area contributed by atoms with Crippen molar-refractivity contribution in [3.05, 3.63) is 24.0 Å². The molecule has 126 valence electrons. The van der Waals surface area contributed by atoms with E-state index in [1.807, 2.05) is 0 Å². The molecule has 0 radical (unpaired) electrons. The van der Waals surface area contributed by atoms with Crippen molar-refractivity contribution in [2.45, 2.75) is 0 Å². The maximum absolute atomic E-state index is 8.27. The highest BCUT2D eigenvalue weighted by molar-refractivity contribution is 8.02. The van der Waals surface area contributed by atoms with Crippen LogP contribution in [0.5, 0.6) is 0 Å². The van der Waals surface area contributed by atoms with E-state index in [9.17, 15) is 0 Å². The van der Waals surface area contributed by atoms with Crippen LogP contribution in [0.4, 0.5) is 0 Å². The fourth-order valence-electron chi connectivity index (χ4n) is 0.714. The van der Waals surface area contributed by atoms with Crippen LogP contribution in [0, 0.1) is 0 Å². The summed E-state index contributed by atoms with van der Waals surface area (Å²) in [7, 11) is 0. The van der Waals surface area contributed by atoms with E-state index in [1.165, 1.54) is 0 Å². The molecule has 1 rings (SSSR count). The normalized spacial score (nSPS) is 11.5. The first-order valence-electron chi connectivity index (χ1n) is 6.73. The predicted octanol–water partition coefficient (Wildman–Crippen LogP) is 1.76. The van der Waals surface area contributed by atoms with Crippen molar-refractivity contribution in [1.82, 2.24) is 0 Å². The molecule has 5 nitrogen and oxygen atoms in total. The van der Waals surface area contributed by atoms with E-state index in [4.69, 9.17) is 19.7 Å². The molecule has 0 spiro atoms. The van der Waals surface area contributed by atoms with Gasteiger partial charge < -0.3 is 24.4 Å². The van der Waals surface area contributed by atoms with Gasteiger partial charge in [0, 0.05) is 11.5 Å². The second-order valence-corrected chi connectivity index (χ2v) is 5.51. The van der Waals surface area contributed by atoms with Gasteiger partial charge in [-0.2, -0.15) is 0 Å². The van der Waals surface area contributed by atoms with Gasteiger partial charge in [0.15, 0.2) is 0 Å². The summed E-state index contributed by atoms with van der Waals surface area (Å²) in [6.07, 6.45) is 0. The van der Waals surface area contributed by atoms with Crippen LogP contribution in [0.1, 0.15) is 0 Å². The molecular formula is C14H28O5S2. The van der Waals surface area contributed by atoms with Gasteiger partial charge in [0.25, 0.3) is 0 Å². The summed E-state index contributed by atoms with van der Waals surface area (Å²) in [5.74, 6) is 1.84. The van der Waals surface area contributed by atoms with E-state index in [0.717, 1.165) is 24.7 Å². The molecule has 0 atom stereocenters. The third-order valence-electron chi connectivity index (χ3n) is 1.60. The molecule has 7 heteroatoms. The highest BCUT2D eigenvalue weighted by Gasteiger charge is 1.94. The molecule has 0 aliphatic carbocycles. The molecule has 0 aromatic heterocycles. The van der Waals surface area contributed by atoms with Crippen molar-refractivity contribution in [3.63, 3.8) is 0 Å². The van der Waals surface area contributed by atoms with E-state index in [2.05, 4.69) is 17.9 Å². The first-order chi connectivity index (χ1) is 10.3. The van der Waals surface area contributed by atoms with E-state index in [1.54, 1.807) is 34.3 Å². The van der Waals surface area contributed by atoms with Crippen molar-refractivity contribution in [3.8, 4) is 0 Å². The largest absolute Gasteiger partial charge is 0.394 e. The molecule has 21 heavy (non-hydrogen) atoms. The minimum absolute atomic E-state index is 0.110. The Bertz CT molecular complexity index is 183. The molecule has 1 aliphatic rings. The summed E-state index contributed by atoms with van der Waals surface area (Å²) in [5, 5.41) is 20.1. The van der Waals surface area contributed by atoms with Crippen LogP contribution in [0.25, 0.3) is 0 Å². The molecule has 0 unspecified atom stereocenters. The van der Waals surface area contributed by atoms with Crippen molar-refractivity contribution < 1.29 is 24.4 Å². The molecule has 1 aliphatic heterocycles. The molecule has 1 heterocycles.